The highest BCUT2D eigenvalue weighted by molar-refractivity contribution is 6.54. The molecule has 0 aliphatic heterocycles. The number of hydrogen-bond donors (Lipinski definition) is 0. The fraction of sp³-hybridized carbons (Fsp3) is 0.100. The minimum Gasteiger partial charge on any atom is -0.261 e. The normalized spacial score (nSPS) is 11.1. The van der Waals surface area contributed by atoms with E-state index >= 15 is 0 Å². The highest BCUT2D eigenvalue weighted by Gasteiger charge is 2.35. The first kappa shape index (κ1) is 22.8. The first-order valence-electron chi connectivity index (χ1n) is 12.4. The fourth-order valence-corrected chi connectivity index (χ4v) is 4.86. The minimum absolute atomic E-state index is 0.475. The van der Waals surface area contributed by atoms with Crippen molar-refractivity contribution in [2.24, 2.45) is 0 Å². The summed E-state index contributed by atoms with van der Waals surface area (Å²) in [6, 6.07) is 37.5. The summed E-state index contributed by atoms with van der Waals surface area (Å²) in [5.74, 6) is 0. The highest BCUT2D eigenvalue weighted by atomic mass is 15.5. The average Bonchev–Trinajstić information content (AvgIpc) is 3.62. The van der Waals surface area contributed by atoms with E-state index in [1.54, 1.807) is 0 Å². The minimum atomic E-state index is -0.475. The van der Waals surface area contributed by atoms with Gasteiger partial charge in [-0.1, -0.05) is 91.0 Å². The van der Waals surface area contributed by atoms with Crippen molar-refractivity contribution in [3.05, 3.63) is 126 Å². The molecule has 0 radical (unpaired) electrons. The van der Waals surface area contributed by atoms with Gasteiger partial charge in [-0.15, -0.1) is 0 Å². The summed E-state index contributed by atoms with van der Waals surface area (Å²) in [6.07, 6.45) is 0. The monoisotopic (exact) mass is 482 g/mol. The molecule has 0 fully saturated rings. The van der Waals surface area contributed by atoms with Crippen molar-refractivity contribution >= 4 is 7.12 Å². The number of hydrogen-bond acceptors (Lipinski definition) is 3. The van der Waals surface area contributed by atoms with Crippen LogP contribution in [0.25, 0.3) is 33.8 Å². The average molecular weight is 482 g/mol. The van der Waals surface area contributed by atoms with Gasteiger partial charge in [-0.05, 0) is 55.7 Å². The summed E-state index contributed by atoms with van der Waals surface area (Å²) < 4.78 is 6.13. The Hall–Kier alpha value is -4.65. The van der Waals surface area contributed by atoms with E-state index in [0.29, 0.717) is 0 Å². The van der Waals surface area contributed by atoms with Crippen LogP contribution in [0.4, 0.5) is 0 Å². The third-order valence-corrected chi connectivity index (χ3v) is 6.44. The molecule has 0 unspecified atom stereocenters. The van der Waals surface area contributed by atoms with Crippen LogP contribution in [0.1, 0.15) is 17.1 Å². The Morgan fingerprint density at radius 1 is 0.432 bits per heavy atom. The Kier molecular flexibility index (Phi) is 5.81. The van der Waals surface area contributed by atoms with Crippen LogP contribution in [-0.4, -0.2) is 36.2 Å². The van der Waals surface area contributed by atoms with E-state index in [1.807, 2.05) is 52.7 Å². The van der Waals surface area contributed by atoms with E-state index in [2.05, 4.69) is 91.0 Å². The molecule has 3 heterocycles. The van der Waals surface area contributed by atoms with Crippen LogP contribution in [0.5, 0.6) is 0 Å². The standard InChI is InChI=1S/C30H27BN6/c1-22-19-28(25-13-7-4-8-14-25)35(32-22)31(36-29(20-23(2)33-36)26-15-9-5-10-16-26)37-30(21-24(3)34-37)27-17-11-6-12-18-27/h4-21H,1-3H3. The van der Waals surface area contributed by atoms with Crippen LogP contribution in [0.2, 0.25) is 0 Å². The topological polar surface area (TPSA) is 53.5 Å². The molecule has 0 N–H and O–H groups in total. The Morgan fingerprint density at radius 3 is 0.973 bits per heavy atom. The van der Waals surface area contributed by atoms with Crippen molar-refractivity contribution in [2.75, 3.05) is 0 Å². The van der Waals surface area contributed by atoms with E-state index in [-0.39, 0.29) is 0 Å². The summed E-state index contributed by atoms with van der Waals surface area (Å²) in [5, 5.41) is 15.1. The molecule has 6 rings (SSSR count). The molecule has 3 aromatic heterocycles. The zero-order valence-electron chi connectivity index (χ0n) is 21.2. The maximum atomic E-state index is 5.02. The lowest BCUT2D eigenvalue weighted by Gasteiger charge is -2.21. The molecule has 3 aromatic carbocycles. The zero-order valence-corrected chi connectivity index (χ0v) is 21.2. The largest absolute Gasteiger partial charge is 0.570 e. The van der Waals surface area contributed by atoms with Gasteiger partial charge in [0.05, 0.1) is 34.2 Å². The molecule has 6 aromatic rings. The predicted octanol–water partition coefficient (Wildman–Crippen LogP) is 6.13. The molecule has 0 amide bonds. The lowest BCUT2D eigenvalue weighted by molar-refractivity contribution is 0.767. The van der Waals surface area contributed by atoms with Gasteiger partial charge in [0.15, 0.2) is 0 Å². The van der Waals surface area contributed by atoms with Gasteiger partial charge in [-0.3, -0.25) is 13.8 Å². The third kappa shape index (κ3) is 4.29. The maximum Gasteiger partial charge on any atom is 0.570 e. The summed E-state index contributed by atoms with van der Waals surface area (Å²) >= 11 is 0. The molecule has 7 heteroatoms. The molecule has 0 aliphatic rings. The summed E-state index contributed by atoms with van der Waals surface area (Å²) in [5.41, 5.74) is 9.06. The van der Waals surface area contributed by atoms with Crippen molar-refractivity contribution in [3.8, 4) is 33.8 Å². The van der Waals surface area contributed by atoms with Crippen LogP contribution < -0.4 is 0 Å². The molecule has 0 aliphatic carbocycles. The van der Waals surface area contributed by atoms with Gasteiger partial charge in [-0.2, -0.15) is 15.3 Å². The van der Waals surface area contributed by atoms with E-state index in [1.165, 1.54) is 0 Å². The number of benzene rings is 3. The fourth-order valence-electron chi connectivity index (χ4n) is 4.86. The van der Waals surface area contributed by atoms with Crippen LogP contribution in [0.3, 0.4) is 0 Å². The Morgan fingerprint density at radius 2 is 0.703 bits per heavy atom. The molecule has 0 spiro atoms. The van der Waals surface area contributed by atoms with Gasteiger partial charge in [-0.25, -0.2) is 0 Å². The lowest BCUT2D eigenvalue weighted by atomic mass is 9.90. The van der Waals surface area contributed by atoms with Gasteiger partial charge < -0.3 is 0 Å². The number of aromatic nitrogens is 6. The van der Waals surface area contributed by atoms with Crippen molar-refractivity contribution in [1.82, 2.24) is 29.1 Å². The summed E-state index contributed by atoms with van der Waals surface area (Å²) in [6.45, 7) is 6.08. The van der Waals surface area contributed by atoms with E-state index in [4.69, 9.17) is 15.3 Å². The Balaban J connectivity index is 1.66. The number of nitrogens with zero attached hydrogens (tertiary/aromatic N) is 6. The second-order valence-electron chi connectivity index (χ2n) is 9.29. The maximum absolute atomic E-state index is 5.02. The third-order valence-electron chi connectivity index (χ3n) is 6.44. The lowest BCUT2D eigenvalue weighted by Crippen LogP contribution is -2.45. The molecule has 0 bridgehead atoms. The first-order chi connectivity index (χ1) is 18.1. The SMILES string of the molecule is Cc1cc(-c2ccccc2)n(B(n2nc(C)cc2-c2ccccc2)n2nc(C)cc2-c2ccccc2)n1. The second-order valence-corrected chi connectivity index (χ2v) is 9.29. The second kappa shape index (κ2) is 9.43. The van der Waals surface area contributed by atoms with Gasteiger partial charge in [0.1, 0.15) is 0 Å². The quantitative estimate of drug-likeness (QED) is 0.268. The van der Waals surface area contributed by atoms with Gasteiger partial charge >= 0.3 is 7.12 Å². The van der Waals surface area contributed by atoms with Crippen molar-refractivity contribution in [3.63, 3.8) is 0 Å². The highest BCUT2D eigenvalue weighted by Crippen LogP contribution is 2.28. The van der Waals surface area contributed by atoms with E-state index in [0.717, 1.165) is 50.9 Å². The molecule has 0 atom stereocenters. The summed E-state index contributed by atoms with van der Waals surface area (Å²) in [7, 11) is -0.475. The predicted molar refractivity (Wildman–Crippen MR) is 149 cm³/mol. The molecule has 180 valence electrons. The van der Waals surface area contributed by atoms with Crippen molar-refractivity contribution < 1.29 is 0 Å². The zero-order chi connectivity index (χ0) is 25.4. The van der Waals surface area contributed by atoms with Crippen LogP contribution in [0, 0.1) is 20.8 Å². The van der Waals surface area contributed by atoms with Gasteiger partial charge in [0.2, 0.25) is 0 Å². The van der Waals surface area contributed by atoms with Crippen LogP contribution in [-0.2, 0) is 0 Å². The molecule has 0 saturated heterocycles. The van der Waals surface area contributed by atoms with Gasteiger partial charge in [0.25, 0.3) is 0 Å². The molecule has 6 nitrogen and oxygen atoms in total. The molecule has 0 saturated carbocycles. The van der Waals surface area contributed by atoms with Crippen molar-refractivity contribution in [1.29, 1.82) is 0 Å². The van der Waals surface area contributed by atoms with Crippen molar-refractivity contribution in [2.45, 2.75) is 20.8 Å². The van der Waals surface area contributed by atoms with E-state index < -0.39 is 7.12 Å². The van der Waals surface area contributed by atoms with E-state index in [9.17, 15) is 0 Å². The van der Waals surface area contributed by atoms with Crippen LogP contribution >= 0.6 is 0 Å². The first-order valence-corrected chi connectivity index (χ1v) is 12.4. The molecular formula is C30H27BN6. The number of aryl methyl sites for hydroxylation is 3. The van der Waals surface area contributed by atoms with Crippen LogP contribution in [0.15, 0.2) is 109 Å². The Labute approximate surface area is 217 Å². The molecule has 37 heavy (non-hydrogen) atoms. The number of rotatable bonds is 6. The summed E-state index contributed by atoms with van der Waals surface area (Å²) in [4.78, 5) is 0. The smallest absolute Gasteiger partial charge is 0.261 e. The van der Waals surface area contributed by atoms with Gasteiger partial charge in [0, 0.05) is 0 Å². The molecular weight excluding hydrogens is 455 g/mol. The Bertz CT molecular complexity index is 1450.